The molecule has 2 saturated heterocycles. The summed E-state index contributed by atoms with van der Waals surface area (Å²) in [6.07, 6.45) is 7.77. The average Bonchev–Trinajstić information content (AvgIpc) is 1.04. The van der Waals surface area contributed by atoms with Crippen molar-refractivity contribution < 1.29 is 44.9 Å². The van der Waals surface area contributed by atoms with Gasteiger partial charge in [-0.2, -0.15) is 0 Å². The molecule has 1 aromatic heterocycles. The Hall–Kier alpha value is -3.33. The van der Waals surface area contributed by atoms with Gasteiger partial charge in [0.25, 0.3) is 0 Å². The second-order valence-electron chi connectivity index (χ2n) is 26.4. The minimum absolute atomic E-state index is 0.000480. The summed E-state index contributed by atoms with van der Waals surface area (Å²) in [7, 11) is 10.9. The van der Waals surface area contributed by atoms with Gasteiger partial charge in [0, 0.05) is 76.5 Å². The molecule has 8 N–H and O–H groups in total. The van der Waals surface area contributed by atoms with E-state index in [-0.39, 0.29) is 86.9 Å². The summed E-state index contributed by atoms with van der Waals surface area (Å²) >= 11 is 0. The Kier molecular flexibility index (Phi) is 16.8. The van der Waals surface area contributed by atoms with Gasteiger partial charge < -0.3 is 50.2 Å². The summed E-state index contributed by atoms with van der Waals surface area (Å²) in [5.74, 6) is 2.87. The number of fused-ring (bicyclic) bond motifs is 6. The van der Waals surface area contributed by atoms with Gasteiger partial charge >= 0.3 is 0 Å². The topological polar surface area (TPSA) is 193 Å². The predicted molar refractivity (Wildman–Crippen MR) is 353 cm³/mol. The number of piperidine rings is 1. The van der Waals surface area contributed by atoms with Crippen LogP contribution in [0.15, 0.2) is 63.8 Å². The minimum atomic E-state index is -1.00. The highest BCUT2D eigenvalue weighted by atomic mass is 33.1. The molecule has 9 heterocycles. The van der Waals surface area contributed by atoms with Crippen LogP contribution in [0.3, 0.4) is 0 Å². The van der Waals surface area contributed by atoms with E-state index in [2.05, 4.69) is 68.6 Å². The van der Waals surface area contributed by atoms with Crippen molar-refractivity contribution in [2.45, 2.75) is 181 Å². The second kappa shape index (κ2) is 24.1. The molecule has 3 aliphatic carbocycles. The zero-order valence-corrected chi connectivity index (χ0v) is 53.5. The maximum Gasteiger partial charge on any atom is 0.238 e. The number of aliphatic hydroxyl groups excluding tert-OH is 3. The molecule has 13 atom stereocenters. The quantitative estimate of drug-likeness (QED) is 0.0759. The van der Waals surface area contributed by atoms with E-state index in [9.17, 15) is 35.7 Å². The van der Waals surface area contributed by atoms with Gasteiger partial charge in [-0.05, 0) is 180 Å². The van der Waals surface area contributed by atoms with E-state index >= 15 is 4.79 Å². The van der Waals surface area contributed by atoms with E-state index in [1.54, 1.807) is 32.4 Å². The first-order valence-electron chi connectivity index (χ1n) is 31.3. The first-order valence-corrected chi connectivity index (χ1v) is 38.5. The van der Waals surface area contributed by atoms with Crippen molar-refractivity contribution in [3.63, 3.8) is 0 Å². The third-order valence-electron chi connectivity index (χ3n) is 20.7. The number of nitrogens with one attached hydrogen (secondary N) is 1. The van der Waals surface area contributed by atoms with Gasteiger partial charge in [-0.15, -0.1) is 0 Å². The largest absolute Gasteiger partial charge is 0.507 e. The van der Waals surface area contributed by atoms with Crippen LogP contribution in [0.25, 0.3) is 44.2 Å². The van der Waals surface area contributed by atoms with E-state index in [4.69, 9.17) is 9.15 Å². The third kappa shape index (κ3) is 10.7. The van der Waals surface area contributed by atoms with E-state index in [1.807, 2.05) is 38.4 Å². The molecular formula is C68H79NO10S6. The van der Waals surface area contributed by atoms with Crippen LogP contribution in [0.4, 0.5) is 0 Å². The fraction of sp³-hybridized carbons (Fsp3) is 0.544. The maximum atomic E-state index is 15.8. The minimum Gasteiger partial charge on any atom is -0.507 e. The first kappa shape index (κ1) is 59.3. The van der Waals surface area contributed by atoms with Crippen molar-refractivity contribution in [1.29, 1.82) is 0 Å². The zero-order valence-electron chi connectivity index (χ0n) is 48.6. The lowest BCUT2D eigenvalue weighted by Crippen LogP contribution is -2.49. The smallest absolute Gasteiger partial charge is 0.238 e. The van der Waals surface area contributed by atoms with Crippen LogP contribution < -0.4 is 15.5 Å². The standard InChI is InChI=1S/C68H79NO10S6/c1-4-36-25-54-60-39-10-5-8-34(21-39)22-44-48(31-83-84-54)45(24-40(61(44)73)20-33(2)3)65-64(76)63(75)59-53(79-65)28-51(72)57-46-26-43-41(15-18-70)37(14-17-68(77)16-6-9-35(29-68)30-81-82-32-49(36)69-60)23-38-12-13-42-58(55(38)43)56(46)47-27-52(78-66(57)59)50(71)11-7-19-80-85-67(42)62(47)74/h5,8,10,12-13,21,24,26,28,33,35-37,41,47,49-50,52,54,60,62,67,69-74,76-77H,4,6-7,9,11,14-20,22-23,25,27,29-32H2,1-3H3/t35-,36+,37-,41+,47-,49-,50-,52+,54-,60+,62+,67-,68-/m0/s1. The van der Waals surface area contributed by atoms with Crippen LogP contribution in [0.1, 0.15) is 171 Å². The van der Waals surface area contributed by atoms with Gasteiger partial charge in [-0.1, -0.05) is 135 Å². The fourth-order valence-corrected chi connectivity index (χ4v) is 25.2. The third-order valence-corrected chi connectivity index (χ3v) is 28.9. The van der Waals surface area contributed by atoms with Gasteiger partial charge in [0.15, 0.2) is 5.76 Å². The number of hydrogen-bond donors (Lipinski definition) is 8. The molecule has 0 unspecified atom stereocenters. The molecule has 17 rings (SSSR count). The Labute approximate surface area is 522 Å². The lowest BCUT2D eigenvalue weighted by molar-refractivity contribution is -0.0249. The molecule has 19 bridgehead atoms. The molecule has 85 heavy (non-hydrogen) atoms. The highest BCUT2D eigenvalue weighted by Gasteiger charge is 2.48. The number of benzene rings is 5. The van der Waals surface area contributed by atoms with E-state index in [0.29, 0.717) is 84.4 Å². The Morgan fingerprint density at radius 2 is 1.71 bits per heavy atom. The summed E-state index contributed by atoms with van der Waals surface area (Å²) < 4.78 is 14.1. The highest BCUT2D eigenvalue weighted by Crippen LogP contribution is 2.62. The van der Waals surface area contributed by atoms with Crippen molar-refractivity contribution in [3.05, 3.63) is 115 Å². The molecule has 11 aliphatic rings. The van der Waals surface area contributed by atoms with E-state index in [0.717, 1.165) is 107 Å². The van der Waals surface area contributed by atoms with Crippen molar-refractivity contribution in [1.82, 2.24) is 5.32 Å². The Morgan fingerprint density at radius 1 is 0.847 bits per heavy atom. The van der Waals surface area contributed by atoms with Crippen LogP contribution in [0.2, 0.25) is 0 Å². The number of aliphatic hydroxyl groups is 4. The van der Waals surface area contributed by atoms with Crippen molar-refractivity contribution in [2.75, 3.05) is 23.9 Å². The second-order valence-corrected chi connectivity index (χ2v) is 34.2. The van der Waals surface area contributed by atoms with E-state index < -0.39 is 41.0 Å². The molecule has 0 amide bonds. The lowest BCUT2D eigenvalue weighted by Gasteiger charge is -2.44. The Bertz CT molecular complexity index is 3630. The zero-order chi connectivity index (χ0) is 58.6. The summed E-state index contributed by atoms with van der Waals surface area (Å²) in [6.45, 7) is 6.47. The Balaban J connectivity index is 1.01. The van der Waals surface area contributed by atoms with Crippen LogP contribution >= 0.6 is 64.8 Å². The van der Waals surface area contributed by atoms with Crippen LogP contribution in [0.5, 0.6) is 23.0 Å². The predicted octanol–water partition coefficient (Wildman–Crippen LogP) is 14.8. The molecule has 8 aliphatic heterocycles. The molecule has 5 aromatic carbocycles. The summed E-state index contributed by atoms with van der Waals surface area (Å²) in [5, 5.41) is 93.5. The van der Waals surface area contributed by atoms with Crippen molar-refractivity contribution in [2.24, 2.45) is 23.7 Å². The Morgan fingerprint density at radius 3 is 2.54 bits per heavy atom. The molecule has 6 aromatic rings. The van der Waals surface area contributed by atoms with Gasteiger partial charge in [0.2, 0.25) is 11.2 Å². The normalized spacial score (nSPS) is 31.0. The fourth-order valence-electron chi connectivity index (χ4n) is 16.6. The SMILES string of the molecule is CC[C@@H]1C[C@@H]2SSCc3c4cc(CC(C)C)c(O)c3Cc3cccc(c3)[C@H]2N[C@H]1CSSC[C@H]1CCC[C@](O)(CC[C@H]2Cc3ccc5c6c7c(cc(c36)[C@@H]2CCO)-c2c(O)cc3oc-4c(O)c(=O)c3c2O[C@@H]2C[C@@H]7[C@@H](O)[C@H]5SSCCC[C@@H]2O)C1. The molecule has 1 saturated carbocycles. The van der Waals surface area contributed by atoms with Crippen LogP contribution in [-0.4, -0.2) is 94.8 Å². The molecule has 452 valence electrons. The summed E-state index contributed by atoms with van der Waals surface area (Å²) in [5.41, 5.74) is 8.25. The first-order chi connectivity index (χ1) is 41.2. The number of hydrogen-bond acceptors (Lipinski definition) is 17. The highest BCUT2D eigenvalue weighted by molar-refractivity contribution is 8.77. The molecule has 11 nitrogen and oxygen atoms in total. The van der Waals surface area contributed by atoms with Crippen molar-refractivity contribution in [3.8, 4) is 45.4 Å². The number of ether oxygens (including phenoxy) is 1. The lowest BCUT2D eigenvalue weighted by atomic mass is 9.64. The van der Waals surface area contributed by atoms with Crippen LogP contribution in [-0.2, 0) is 25.0 Å². The van der Waals surface area contributed by atoms with Crippen molar-refractivity contribution >= 4 is 86.5 Å². The molecule has 3 fully saturated rings. The number of aromatic hydroxyl groups is 3. The summed E-state index contributed by atoms with van der Waals surface area (Å²) in [6, 6.07) is 19.1. The molecule has 0 spiro atoms. The van der Waals surface area contributed by atoms with Crippen LogP contribution in [0, 0.1) is 23.7 Å². The average molecular weight is 1260 g/mol. The van der Waals surface area contributed by atoms with Gasteiger partial charge in [0.1, 0.15) is 34.3 Å². The number of rotatable bonds is 5. The molecular weight excluding hydrogens is 1180 g/mol. The maximum absolute atomic E-state index is 15.8. The number of phenols is 2. The van der Waals surface area contributed by atoms with Gasteiger partial charge in [0.05, 0.1) is 28.6 Å². The summed E-state index contributed by atoms with van der Waals surface area (Å²) in [4.78, 5) is 15.8. The monoisotopic (exact) mass is 1260 g/mol. The molecule has 0 radical (unpaired) electrons. The number of phenolic OH excluding ortho intramolecular Hbond substituents is 2. The molecule has 17 heteroatoms. The van der Waals surface area contributed by atoms with Gasteiger partial charge in [-0.3, -0.25) is 4.79 Å². The van der Waals surface area contributed by atoms with E-state index in [1.165, 1.54) is 17.2 Å². The van der Waals surface area contributed by atoms with Gasteiger partial charge in [-0.25, -0.2) is 0 Å².